The maximum Gasteiger partial charge on any atom is 0.180 e. The monoisotopic (exact) mass is 273 g/mol. The molecule has 1 N–H and O–H groups in total. The van der Waals surface area contributed by atoms with Crippen molar-refractivity contribution in [2.24, 2.45) is 0 Å². The fraction of sp³-hybridized carbons (Fsp3) is 0.611. The number of hydrogen-bond donors (Lipinski definition) is 1. The van der Waals surface area contributed by atoms with E-state index >= 15 is 0 Å². The Morgan fingerprint density at radius 3 is 2.45 bits per heavy atom. The molecule has 1 heterocycles. The lowest BCUT2D eigenvalue weighted by Gasteiger charge is -2.24. The van der Waals surface area contributed by atoms with Gasteiger partial charge >= 0.3 is 0 Å². The molecule has 2 nitrogen and oxygen atoms in total. The molecule has 1 aromatic carbocycles. The molecule has 1 atom stereocenters. The molecule has 1 unspecified atom stereocenters. The molecule has 1 saturated heterocycles. The number of piperidine rings is 1. The molecule has 1 aromatic rings. The molecule has 0 radical (unpaired) electrons. The van der Waals surface area contributed by atoms with Crippen molar-refractivity contribution in [1.82, 2.24) is 5.32 Å². The van der Waals surface area contributed by atoms with E-state index in [1.54, 1.807) is 0 Å². The van der Waals surface area contributed by atoms with Gasteiger partial charge in [0, 0.05) is 5.56 Å². The van der Waals surface area contributed by atoms with Crippen molar-refractivity contribution in [3.8, 4) is 0 Å². The number of Topliss-reactive ketones (excluding diaryl/α,β-unsaturated/α-hetero) is 1. The zero-order valence-corrected chi connectivity index (χ0v) is 13.2. The molecule has 1 fully saturated rings. The van der Waals surface area contributed by atoms with Crippen molar-refractivity contribution in [2.75, 3.05) is 6.54 Å². The lowest BCUT2D eigenvalue weighted by molar-refractivity contribution is 0.0926. The Hall–Kier alpha value is -1.15. The fourth-order valence-electron chi connectivity index (χ4n) is 2.91. The number of rotatable bonds is 4. The molecule has 2 heteroatoms. The number of hydrogen-bond acceptors (Lipinski definition) is 2. The van der Waals surface area contributed by atoms with Crippen molar-refractivity contribution in [3.63, 3.8) is 0 Å². The van der Waals surface area contributed by atoms with E-state index in [-0.39, 0.29) is 11.8 Å². The van der Waals surface area contributed by atoms with Crippen molar-refractivity contribution in [3.05, 3.63) is 34.9 Å². The first-order valence-electron chi connectivity index (χ1n) is 7.92. The Bertz CT molecular complexity index is 470. The van der Waals surface area contributed by atoms with Gasteiger partial charge in [0.15, 0.2) is 5.78 Å². The van der Waals surface area contributed by atoms with E-state index in [0.29, 0.717) is 11.8 Å². The Morgan fingerprint density at radius 2 is 1.90 bits per heavy atom. The molecule has 0 spiro atoms. The zero-order valence-electron chi connectivity index (χ0n) is 13.2. The summed E-state index contributed by atoms with van der Waals surface area (Å²) in [5, 5.41) is 3.37. The van der Waals surface area contributed by atoms with Gasteiger partial charge in [-0.25, -0.2) is 0 Å². The highest BCUT2D eigenvalue weighted by Gasteiger charge is 2.24. The minimum Gasteiger partial charge on any atom is -0.307 e. The van der Waals surface area contributed by atoms with Gasteiger partial charge in [-0.2, -0.15) is 0 Å². The van der Waals surface area contributed by atoms with Crippen molar-refractivity contribution >= 4 is 5.78 Å². The van der Waals surface area contributed by atoms with Crippen LogP contribution < -0.4 is 5.32 Å². The summed E-state index contributed by atoms with van der Waals surface area (Å²) in [7, 11) is 0. The predicted molar refractivity (Wildman–Crippen MR) is 84.6 cm³/mol. The second-order valence-electron chi connectivity index (χ2n) is 6.52. The third-order valence-electron chi connectivity index (χ3n) is 4.26. The van der Waals surface area contributed by atoms with Gasteiger partial charge in [-0.05, 0) is 42.3 Å². The van der Waals surface area contributed by atoms with Crippen LogP contribution in [0.25, 0.3) is 0 Å². The predicted octanol–water partition coefficient (Wildman–Crippen LogP) is 4.26. The smallest absolute Gasteiger partial charge is 0.180 e. The van der Waals surface area contributed by atoms with E-state index in [1.807, 2.05) is 6.07 Å². The van der Waals surface area contributed by atoms with E-state index < -0.39 is 0 Å². The first-order chi connectivity index (χ1) is 9.50. The third-order valence-corrected chi connectivity index (χ3v) is 4.26. The topological polar surface area (TPSA) is 29.1 Å². The molecule has 1 aliphatic rings. The van der Waals surface area contributed by atoms with Crippen LogP contribution in [0.1, 0.15) is 80.3 Å². The Balaban J connectivity index is 2.32. The molecule has 0 bridgehead atoms. The van der Waals surface area contributed by atoms with Gasteiger partial charge in [0.2, 0.25) is 0 Å². The maximum atomic E-state index is 12.7. The third kappa shape index (κ3) is 3.29. The molecular weight excluding hydrogens is 246 g/mol. The van der Waals surface area contributed by atoms with Crippen LogP contribution in [0.15, 0.2) is 18.2 Å². The normalized spacial score (nSPS) is 19.6. The number of carbonyl (C=O) groups is 1. The zero-order chi connectivity index (χ0) is 14.7. The van der Waals surface area contributed by atoms with Crippen LogP contribution in [-0.2, 0) is 0 Å². The SMILES string of the molecule is CC(C)c1ccc(C(=O)C2CCCCN2)c(C(C)C)c1. The van der Waals surface area contributed by atoms with E-state index in [0.717, 1.165) is 24.9 Å². The number of nitrogens with one attached hydrogen (secondary N) is 1. The van der Waals surface area contributed by atoms with E-state index in [4.69, 9.17) is 0 Å². The van der Waals surface area contributed by atoms with E-state index in [1.165, 1.54) is 17.5 Å². The highest BCUT2D eigenvalue weighted by Crippen LogP contribution is 2.26. The number of ketones is 1. The van der Waals surface area contributed by atoms with Crippen LogP contribution in [0, 0.1) is 0 Å². The van der Waals surface area contributed by atoms with Gasteiger partial charge < -0.3 is 5.32 Å². The average molecular weight is 273 g/mol. The molecule has 0 aliphatic carbocycles. The fourth-order valence-corrected chi connectivity index (χ4v) is 2.91. The molecular formula is C18H27NO. The quantitative estimate of drug-likeness (QED) is 0.831. The van der Waals surface area contributed by atoms with Gasteiger partial charge in [-0.15, -0.1) is 0 Å². The van der Waals surface area contributed by atoms with Crippen molar-refractivity contribution in [1.29, 1.82) is 0 Å². The lowest BCUT2D eigenvalue weighted by Crippen LogP contribution is -2.40. The van der Waals surface area contributed by atoms with Crippen LogP contribution >= 0.6 is 0 Å². The lowest BCUT2D eigenvalue weighted by atomic mass is 9.87. The second-order valence-corrected chi connectivity index (χ2v) is 6.52. The van der Waals surface area contributed by atoms with E-state index in [2.05, 4.69) is 45.1 Å². The van der Waals surface area contributed by atoms with Crippen molar-refractivity contribution < 1.29 is 4.79 Å². The maximum absolute atomic E-state index is 12.7. The van der Waals surface area contributed by atoms with Gasteiger partial charge in [0.05, 0.1) is 6.04 Å². The van der Waals surface area contributed by atoms with Crippen LogP contribution in [0.4, 0.5) is 0 Å². The molecule has 20 heavy (non-hydrogen) atoms. The summed E-state index contributed by atoms with van der Waals surface area (Å²) < 4.78 is 0. The first kappa shape index (κ1) is 15.2. The van der Waals surface area contributed by atoms with Gasteiger partial charge in [0.1, 0.15) is 0 Å². The van der Waals surface area contributed by atoms with Gasteiger partial charge in [-0.1, -0.05) is 52.3 Å². The highest BCUT2D eigenvalue weighted by atomic mass is 16.1. The molecule has 0 aromatic heterocycles. The van der Waals surface area contributed by atoms with Crippen molar-refractivity contribution in [2.45, 2.75) is 64.8 Å². The first-order valence-corrected chi connectivity index (χ1v) is 7.92. The number of carbonyl (C=O) groups excluding carboxylic acids is 1. The standard InChI is InChI=1S/C18H27NO/c1-12(2)14-8-9-15(16(11-14)13(3)4)18(20)17-7-5-6-10-19-17/h8-9,11-13,17,19H,5-7,10H2,1-4H3. The summed E-state index contributed by atoms with van der Waals surface area (Å²) in [6.45, 7) is 9.71. The molecule has 110 valence electrons. The minimum atomic E-state index is 0.0196. The second kappa shape index (κ2) is 6.53. The average Bonchev–Trinajstić information content (AvgIpc) is 2.46. The Labute approximate surface area is 123 Å². The Morgan fingerprint density at radius 1 is 1.15 bits per heavy atom. The van der Waals surface area contributed by atoms with Crippen LogP contribution in [0.3, 0.4) is 0 Å². The largest absolute Gasteiger partial charge is 0.307 e. The molecule has 2 rings (SSSR count). The van der Waals surface area contributed by atoms with E-state index in [9.17, 15) is 4.79 Å². The number of benzene rings is 1. The molecule has 0 saturated carbocycles. The summed E-state index contributed by atoms with van der Waals surface area (Å²) >= 11 is 0. The summed E-state index contributed by atoms with van der Waals surface area (Å²) in [6, 6.07) is 6.41. The molecule has 1 aliphatic heterocycles. The highest BCUT2D eigenvalue weighted by molar-refractivity contribution is 6.01. The molecule has 0 amide bonds. The van der Waals surface area contributed by atoms with Gasteiger partial charge in [-0.3, -0.25) is 4.79 Å². The van der Waals surface area contributed by atoms with Crippen LogP contribution in [-0.4, -0.2) is 18.4 Å². The summed E-state index contributed by atoms with van der Waals surface area (Å²) in [5.74, 6) is 1.17. The van der Waals surface area contributed by atoms with Gasteiger partial charge in [0.25, 0.3) is 0 Å². The Kier molecular flexibility index (Phi) is 4.98. The minimum absolute atomic E-state index is 0.0196. The summed E-state index contributed by atoms with van der Waals surface area (Å²) in [5.41, 5.74) is 3.44. The van der Waals surface area contributed by atoms with Crippen LogP contribution in [0.5, 0.6) is 0 Å². The van der Waals surface area contributed by atoms with Crippen LogP contribution in [0.2, 0.25) is 0 Å². The summed E-state index contributed by atoms with van der Waals surface area (Å²) in [4.78, 5) is 12.7. The summed E-state index contributed by atoms with van der Waals surface area (Å²) in [6.07, 6.45) is 3.32.